The number of carbonyl (C=O) groups excluding carboxylic acids is 1. The van der Waals surface area contributed by atoms with Gasteiger partial charge in [-0.25, -0.2) is 4.79 Å². The van der Waals surface area contributed by atoms with Gasteiger partial charge in [-0.3, -0.25) is 4.79 Å². The molecule has 6 nitrogen and oxygen atoms in total. The molecule has 1 N–H and O–H groups in total. The summed E-state index contributed by atoms with van der Waals surface area (Å²) in [6.45, 7) is 3.71. The Morgan fingerprint density at radius 3 is 2.69 bits per heavy atom. The number of carbonyl (C=O) groups is 2. The molecule has 1 amide bonds. The number of likely N-dealkylation sites (tertiary alicyclic amines) is 1. The van der Waals surface area contributed by atoms with Crippen molar-refractivity contribution in [1.29, 1.82) is 5.26 Å². The van der Waals surface area contributed by atoms with Gasteiger partial charge in [0.15, 0.2) is 0 Å². The predicted molar refractivity (Wildman–Crippen MR) is 53.4 cm³/mol. The molecule has 86 valence electrons. The molecule has 1 aliphatic rings. The SMILES string of the molecule is C=CCOC(=O)N1CC(C#N)(CC(=O)O)C1. The summed E-state index contributed by atoms with van der Waals surface area (Å²) in [4.78, 5) is 23.1. The van der Waals surface area contributed by atoms with E-state index in [9.17, 15) is 9.59 Å². The summed E-state index contributed by atoms with van der Waals surface area (Å²) < 4.78 is 4.75. The minimum absolute atomic E-state index is 0.103. The Morgan fingerprint density at radius 2 is 2.25 bits per heavy atom. The van der Waals surface area contributed by atoms with Gasteiger partial charge in [0.25, 0.3) is 0 Å². The first-order valence-corrected chi connectivity index (χ1v) is 4.69. The third-order valence-corrected chi connectivity index (χ3v) is 2.30. The minimum Gasteiger partial charge on any atom is -0.481 e. The molecule has 0 aromatic heterocycles. The van der Waals surface area contributed by atoms with Crippen molar-refractivity contribution in [2.24, 2.45) is 5.41 Å². The zero-order chi connectivity index (χ0) is 12.2. The number of hydrogen-bond donors (Lipinski definition) is 1. The van der Waals surface area contributed by atoms with Gasteiger partial charge in [0.2, 0.25) is 0 Å². The number of ether oxygens (including phenoxy) is 1. The van der Waals surface area contributed by atoms with E-state index in [0.29, 0.717) is 0 Å². The van der Waals surface area contributed by atoms with Crippen molar-refractivity contribution in [3.05, 3.63) is 12.7 Å². The summed E-state index contributed by atoms with van der Waals surface area (Å²) in [5.41, 5.74) is -0.959. The molecule has 1 fully saturated rings. The predicted octanol–water partition coefficient (Wildman–Crippen LogP) is 0.609. The van der Waals surface area contributed by atoms with Crippen molar-refractivity contribution in [1.82, 2.24) is 4.90 Å². The number of hydrogen-bond acceptors (Lipinski definition) is 4. The number of carboxylic acid groups (broad SMARTS) is 1. The summed E-state index contributed by atoms with van der Waals surface area (Å²) in [5, 5.41) is 17.5. The number of rotatable bonds is 4. The maximum absolute atomic E-state index is 11.3. The van der Waals surface area contributed by atoms with E-state index in [0.717, 1.165) is 0 Å². The lowest BCUT2D eigenvalue weighted by atomic mass is 9.78. The topological polar surface area (TPSA) is 90.6 Å². The number of nitrogens with zero attached hydrogens (tertiary/aromatic N) is 2. The highest BCUT2D eigenvalue weighted by molar-refractivity contribution is 5.72. The minimum atomic E-state index is -1.04. The second-order valence-corrected chi connectivity index (χ2v) is 3.68. The molecular formula is C10H12N2O4. The van der Waals surface area contributed by atoms with Crippen LogP contribution in [0.15, 0.2) is 12.7 Å². The molecule has 0 saturated carbocycles. The van der Waals surface area contributed by atoms with Crippen molar-refractivity contribution < 1.29 is 19.4 Å². The van der Waals surface area contributed by atoms with E-state index in [1.165, 1.54) is 11.0 Å². The summed E-state index contributed by atoms with van der Waals surface area (Å²) >= 11 is 0. The average molecular weight is 224 g/mol. The summed E-state index contributed by atoms with van der Waals surface area (Å²) in [5.74, 6) is -1.04. The van der Waals surface area contributed by atoms with Crippen LogP contribution in [0.5, 0.6) is 0 Å². The molecule has 0 spiro atoms. The Bertz CT molecular complexity index is 352. The fourth-order valence-corrected chi connectivity index (χ4v) is 1.55. The van der Waals surface area contributed by atoms with Crippen molar-refractivity contribution in [3.8, 4) is 6.07 Å². The molecule has 1 rings (SSSR count). The quantitative estimate of drug-likeness (QED) is 0.706. The van der Waals surface area contributed by atoms with Crippen LogP contribution in [0.4, 0.5) is 4.79 Å². The Labute approximate surface area is 92.7 Å². The van der Waals surface area contributed by atoms with Gasteiger partial charge in [0, 0.05) is 13.1 Å². The Balaban J connectivity index is 2.45. The molecule has 0 unspecified atom stereocenters. The van der Waals surface area contributed by atoms with E-state index in [1.54, 1.807) is 0 Å². The molecule has 1 aliphatic heterocycles. The molecule has 1 heterocycles. The smallest absolute Gasteiger partial charge is 0.410 e. The van der Waals surface area contributed by atoms with Gasteiger partial charge in [0.1, 0.15) is 12.0 Å². The maximum Gasteiger partial charge on any atom is 0.410 e. The number of nitriles is 1. The molecular weight excluding hydrogens is 212 g/mol. The Morgan fingerprint density at radius 1 is 1.62 bits per heavy atom. The second kappa shape index (κ2) is 4.66. The van der Waals surface area contributed by atoms with Crippen LogP contribution in [-0.2, 0) is 9.53 Å². The van der Waals surface area contributed by atoms with Crippen LogP contribution in [-0.4, -0.2) is 41.8 Å². The summed E-state index contributed by atoms with van der Waals surface area (Å²) in [6.07, 6.45) is 0.637. The molecule has 0 atom stereocenters. The molecule has 0 aromatic carbocycles. The van der Waals surface area contributed by atoms with Gasteiger partial charge in [-0.05, 0) is 0 Å². The van der Waals surface area contributed by atoms with Gasteiger partial charge in [0.05, 0.1) is 12.5 Å². The largest absolute Gasteiger partial charge is 0.481 e. The Kier molecular flexibility index (Phi) is 3.51. The monoisotopic (exact) mass is 224 g/mol. The zero-order valence-electron chi connectivity index (χ0n) is 8.68. The fraction of sp³-hybridized carbons (Fsp3) is 0.500. The number of aliphatic carboxylic acids is 1. The lowest BCUT2D eigenvalue weighted by Crippen LogP contribution is -2.58. The van der Waals surface area contributed by atoms with E-state index in [-0.39, 0.29) is 26.1 Å². The Hall–Kier alpha value is -2.03. The van der Waals surface area contributed by atoms with Crippen LogP contribution >= 0.6 is 0 Å². The molecule has 16 heavy (non-hydrogen) atoms. The number of carboxylic acids is 1. The van der Waals surface area contributed by atoms with Crippen LogP contribution in [0.2, 0.25) is 0 Å². The van der Waals surface area contributed by atoms with E-state index in [2.05, 4.69) is 6.58 Å². The first-order chi connectivity index (χ1) is 7.53. The van der Waals surface area contributed by atoms with Crippen molar-refractivity contribution in [2.45, 2.75) is 6.42 Å². The third-order valence-electron chi connectivity index (χ3n) is 2.30. The second-order valence-electron chi connectivity index (χ2n) is 3.68. The standard InChI is InChI=1S/C10H12N2O4/c1-2-3-16-9(15)12-6-10(5-11,7-12)4-8(13)14/h2H,1,3-4,6-7H2,(H,13,14). The van der Waals surface area contributed by atoms with E-state index in [1.807, 2.05) is 6.07 Å². The summed E-state index contributed by atoms with van der Waals surface area (Å²) in [7, 11) is 0. The van der Waals surface area contributed by atoms with Gasteiger partial charge in [-0.2, -0.15) is 5.26 Å². The molecule has 0 aromatic rings. The van der Waals surface area contributed by atoms with Gasteiger partial charge in [-0.1, -0.05) is 12.7 Å². The van der Waals surface area contributed by atoms with Gasteiger partial charge in [-0.15, -0.1) is 0 Å². The van der Waals surface area contributed by atoms with Crippen LogP contribution in [0.3, 0.4) is 0 Å². The first kappa shape index (κ1) is 12.0. The summed E-state index contributed by atoms with van der Waals surface area (Å²) in [6, 6.07) is 1.94. The van der Waals surface area contributed by atoms with Gasteiger partial charge >= 0.3 is 12.1 Å². The third kappa shape index (κ3) is 2.51. The lowest BCUT2D eigenvalue weighted by molar-refractivity contribution is -0.141. The van der Waals surface area contributed by atoms with Crippen molar-refractivity contribution >= 4 is 12.1 Å². The molecule has 0 bridgehead atoms. The molecule has 0 aliphatic carbocycles. The van der Waals surface area contributed by atoms with Crippen LogP contribution in [0.1, 0.15) is 6.42 Å². The highest BCUT2D eigenvalue weighted by Gasteiger charge is 2.47. The number of amides is 1. The lowest BCUT2D eigenvalue weighted by Gasteiger charge is -2.43. The zero-order valence-corrected chi connectivity index (χ0v) is 8.68. The van der Waals surface area contributed by atoms with E-state index in [4.69, 9.17) is 15.1 Å². The van der Waals surface area contributed by atoms with Gasteiger partial charge < -0.3 is 14.7 Å². The maximum atomic E-state index is 11.3. The van der Waals surface area contributed by atoms with Crippen LogP contribution in [0.25, 0.3) is 0 Å². The highest BCUT2D eigenvalue weighted by atomic mass is 16.6. The van der Waals surface area contributed by atoms with Crippen LogP contribution < -0.4 is 0 Å². The molecule has 6 heteroatoms. The van der Waals surface area contributed by atoms with Crippen molar-refractivity contribution in [2.75, 3.05) is 19.7 Å². The van der Waals surface area contributed by atoms with Crippen LogP contribution in [0, 0.1) is 16.7 Å². The fourth-order valence-electron chi connectivity index (χ4n) is 1.55. The van der Waals surface area contributed by atoms with E-state index >= 15 is 0 Å². The molecule has 1 saturated heterocycles. The highest BCUT2D eigenvalue weighted by Crippen LogP contribution is 2.33. The van der Waals surface area contributed by atoms with E-state index < -0.39 is 17.5 Å². The van der Waals surface area contributed by atoms with Crippen molar-refractivity contribution in [3.63, 3.8) is 0 Å². The first-order valence-electron chi connectivity index (χ1n) is 4.69. The average Bonchev–Trinajstić information content (AvgIpc) is 2.18. The molecule has 0 radical (unpaired) electrons. The normalized spacial score (nSPS) is 16.8.